The quantitative estimate of drug-likeness (QED) is 0.869. The van der Waals surface area contributed by atoms with Crippen LogP contribution < -0.4 is 5.32 Å². The van der Waals surface area contributed by atoms with E-state index in [0.29, 0.717) is 6.04 Å². The van der Waals surface area contributed by atoms with Gasteiger partial charge in [0.25, 0.3) is 0 Å². The average Bonchev–Trinajstić information content (AvgIpc) is 2.99. The fraction of sp³-hybridized carbons (Fsp3) is 0.800. The maximum atomic E-state index is 4.65. The van der Waals surface area contributed by atoms with Crippen LogP contribution in [0.3, 0.4) is 0 Å². The van der Waals surface area contributed by atoms with Crippen molar-refractivity contribution in [3.63, 3.8) is 0 Å². The zero-order valence-corrected chi connectivity index (χ0v) is 13.5. The Morgan fingerprint density at radius 2 is 2.11 bits per heavy atom. The topological polar surface area (TPSA) is 29.9 Å². The number of hydrogen-bond acceptors (Lipinski definition) is 3. The van der Waals surface area contributed by atoms with Gasteiger partial charge in [0.15, 0.2) is 0 Å². The number of rotatable bonds is 6. The summed E-state index contributed by atoms with van der Waals surface area (Å²) in [5, 5.41) is 9.27. The minimum absolute atomic E-state index is 0.701. The molecule has 1 aliphatic carbocycles. The Hall–Kier alpha value is -0.480. The number of nitrogens with zero attached hydrogens (tertiary/aromatic N) is 2. The average molecular weight is 281 g/mol. The highest BCUT2D eigenvalue weighted by Crippen LogP contribution is 2.28. The van der Waals surface area contributed by atoms with Gasteiger partial charge in [-0.15, -0.1) is 0 Å². The van der Waals surface area contributed by atoms with Crippen molar-refractivity contribution in [3.05, 3.63) is 17.0 Å². The van der Waals surface area contributed by atoms with E-state index in [-0.39, 0.29) is 0 Å². The highest BCUT2D eigenvalue weighted by Gasteiger charge is 2.24. The minimum atomic E-state index is 0.701. The molecule has 2 atom stereocenters. The summed E-state index contributed by atoms with van der Waals surface area (Å²) in [6, 6.07) is 0.701. The van der Waals surface area contributed by atoms with E-state index in [1.165, 1.54) is 36.2 Å². The van der Waals surface area contributed by atoms with Crippen LogP contribution >= 0.6 is 11.8 Å². The number of hydrogen-bond donors (Lipinski definition) is 1. The molecule has 0 aliphatic heterocycles. The molecule has 0 aromatic carbocycles. The van der Waals surface area contributed by atoms with Crippen LogP contribution in [0.2, 0.25) is 0 Å². The van der Waals surface area contributed by atoms with Gasteiger partial charge in [-0.05, 0) is 38.4 Å². The van der Waals surface area contributed by atoms with Crippen LogP contribution in [0.1, 0.15) is 50.1 Å². The van der Waals surface area contributed by atoms with Crippen LogP contribution in [0.5, 0.6) is 0 Å². The molecule has 1 heterocycles. The van der Waals surface area contributed by atoms with Gasteiger partial charge < -0.3 is 5.32 Å². The molecule has 0 saturated heterocycles. The molecule has 3 nitrogen and oxygen atoms in total. The Bertz CT molecular complexity index is 414. The predicted molar refractivity (Wildman–Crippen MR) is 83.7 cm³/mol. The van der Waals surface area contributed by atoms with Crippen LogP contribution in [0.15, 0.2) is 0 Å². The van der Waals surface area contributed by atoms with Gasteiger partial charge in [0.05, 0.1) is 5.69 Å². The zero-order valence-electron chi connectivity index (χ0n) is 12.7. The summed E-state index contributed by atoms with van der Waals surface area (Å²) in [6.07, 6.45) is 8.35. The van der Waals surface area contributed by atoms with Crippen LogP contribution in [-0.2, 0) is 26.4 Å². The Kier molecular flexibility index (Phi) is 5.34. The number of nitrogens with one attached hydrogen (secondary N) is 1. The van der Waals surface area contributed by atoms with Crippen molar-refractivity contribution in [2.24, 2.45) is 7.05 Å². The lowest BCUT2D eigenvalue weighted by atomic mass is 10.1. The second-order valence-electron chi connectivity index (χ2n) is 5.45. The highest BCUT2D eigenvalue weighted by molar-refractivity contribution is 7.99. The standard InChI is InChI=1S/C15H27N3S/c1-5-14-13(15(6-2)18(3)17-14)10-16-11-7-8-12(9-11)19-4/h11-12,16H,5-10H2,1-4H3. The van der Waals surface area contributed by atoms with E-state index in [2.05, 4.69) is 42.2 Å². The van der Waals surface area contributed by atoms with Crippen LogP contribution in [-0.4, -0.2) is 27.3 Å². The van der Waals surface area contributed by atoms with E-state index >= 15 is 0 Å². The van der Waals surface area contributed by atoms with Crippen LogP contribution in [0.4, 0.5) is 0 Å². The van der Waals surface area contributed by atoms with Gasteiger partial charge in [0, 0.05) is 36.1 Å². The van der Waals surface area contributed by atoms with E-state index in [0.717, 1.165) is 24.6 Å². The van der Waals surface area contributed by atoms with Gasteiger partial charge in [-0.3, -0.25) is 4.68 Å². The molecule has 2 unspecified atom stereocenters. The molecule has 4 heteroatoms. The summed E-state index contributed by atoms with van der Waals surface area (Å²) < 4.78 is 2.06. The second-order valence-corrected chi connectivity index (χ2v) is 6.59. The third kappa shape index (κ3) is 3.34. The predicted octanol–water partition coefficient (Wildman–Crippen LogP) is 2.92. The molecule has 0 bridgehead atoms. The fourth-order valence-electron chi connectivity index (χ4n) is 3.18. The first-order chi connectivity index (χ1) is 9.19. The Balaban J connectivity index is 1.99. The number of aryl methyl sites for hydroxylation is 2. The summed E-state index contributed by atoms with van der Waals surface area (Å²) in [7, 11) is 2.07. The third-order valence-corrected chi connectivity index (χ3v) is 5.41. The molecule has 1 N–H and O–H groups in total. The van der Waals surface area contributed by atoms with Gasteiger partial charge in [0.1, 0.15) is 0 Å². The fourth-order valence-corrected chi connectivity index (χ4v) is 3.98. The summed E-state index contributed by atoms with van der Waals surface area (Å²) in [5.41, 5.74) is 4.11. The summed E-state index contributed by atoms with van der Waals surface area (Å²) in [5.74, 6) is 0. The van der Waals surface area contributed by atoms with Crippen LogP contribution in [0, 0.1) is 0 Å². The van der Waals surface area contributed by atoms with Crippen molar-refractivity contribution in [2.45, 2.75) is 63.8 Å². The molecule has 108 valence electrons. The third-order valence-electron chi connectivity index (χ3n) is 4.31. The van der Waals surface area contributed by atoms with E-state index in [1.807, 2.05) is 11.8 Å². The summed E-state index contributed by atoms with van der Waals surface area (Å²) in [6.45, 7) is 5.41. The maximum Gasteiger partial charge on any atom is 0.0669 e. The molecular formula is C15H27N3S. The van der Waals surface area contributed by atoms with Gasteiger partial charge in [-0.25, -0.2) is 0 Å². The Morgan fingerprint density at radius 1 is 1.32 bits per heavy atom. The van der Waals surface area contributed by atoms with Crippen LogP contribution in [0.25, 0.3) is 0 Å². The molecule has 1 aromatic rings. The molecule has 0 spiro atoms. The lowest BCUT2D eigenvalue weighted by Gasteiger charge is -2.13. The molecule has 0 amide bonds. The zero-order chi connectivity index (χ0) is 13.8. The molecule has 1 aromatic heterocycles. The molecule has 0 radical (unpaired) electrons. The van der Waals surface area contributed by atoms with Crippen molar-refractivity contribution < 1.29 is 0 Å². The molecular weight excluding hydrogens is 254 g/mol. The number of thioether (sulfide) groups is 1. The van der Waals surface area contributed by atoms with E-state index in [1.54, 1.807) is 0 Å². The number of aromatic nitrogens is 2. The van der Waals surface area contributed by atoms with Crippen molar-refractivity contribution in [1.82, 2.24) is 15.1 Å². The van der Waals surface area contributed by atoms with E-state index in [4.69, 9.17) is 0 Å². The van der Waals surface area contributed by atoms with Gasteiger partial charge >= 0.3 is 0 Å². The minimum Gasteiger partial charge on any atom is -0.310 e. The largest absolute Gasteiger partial charge is 0.310 e. The van der Waals surface area contributed by atoms with Gasteiger partial charge in [-0.1, -0.05) is 13.8 Å². The molecule has 1 aliphatic rings. The SMILES string of the molecule is CCc1nn(C)c(CC)c1CNC1CCC(SC)C1. The van der Waals surface area contributed by atoms with Crippen molar-refractivity contribution >= 4 is 11.8 Å². The molecule has 1 saturated carbocycles. The first-order valence-corrected chi connectivity index (χ1v) is 8.78. The van der Waals surface area contributed by atoms with Crippen molar-refractivity contribution in [1.29, 1.82) is 0 Å². The Labute approximate surface area is 121 Å². The molecule has 2 rings (SSSR count). The maximum absolute atomic E-state index is 4.65. The van der Waals surface area contributed by atoms with E-state index in [9.17, 15) is 0 Å². The normalized spacial score (nSPS) is 23.2. The lowest BCUT2D eigenvalue weighted by molar-refractivity contribution is 0.522. The monoisotopic (exact) mass is 281 g/mol. The van der Waals surface area contributed by atoms with E-state index < -0.39 is 0 Å². The highest BCUT2D eigenvalue weighted by atomic mass is 32.2. The Morgan fingerprint density at radius 3 is 2.68 bits per heavy atom. The first-order valence-electron chi connectivity index (χ1n) is 7.49. The smallest absolute Gasteiger partial charge is 0.0669 e. The van der Waals surface area contributed by atoms with Gasteiger partial charge in [-0.2, -0.15) is 16.9 Å². The summed E-state index contributed by atoms with van der Waals surface area (Å²) >= 11 is 2.02. The van der Waals surface area contributed by atoms with Crippen molar-refractivity contribution in [2.75, 3.05) is 6.26 Å². The molecule has 19 heavy (non-hydrogen) atoms. The molecule has 1 fully saturated rings. The van der Waals surface area contributed by atoms with Gasteiger partial charge in [0.2, 0.25) is 0 Å². The first kappa shape index (κ1) is 14.9. The van der Waals surface area contributed by atoms with Crippen molar-refractivity contribution in [3.8, 4) is 0 Å². The summed E-state index contributed by atoms with van der Waals surface area (Å²) in [4.78, 5) is 0. The lowest BCUT2D eigenvalue weighted by Crippen LogP contribution is -2.27. The second kappa shape index (κ2) is 6.80.